The second-order valence-electron chi connectivity index (χ2n) is 5.71. The summed E-state index contributed by atoms with van der Waals surface area (Å²) in [6, 6.07) is 8.31. The molecule has 1 aliphatic carbocycles. The van der Waals surface area contributed by atoms with Crippen molar-refractivity contribution in [3.8, 4) is 5.75 Å². The van der Waals surface area contributed by atoms with E-state index in [9.17, 15) is 4.79 Å². The van der Waals surface area contributed by atoms with Crippen molar-refractivity contribution in [1.82, 2.24) is 14.5 Å². The average molecular weight is 331 g/mol. The van der Waals surface area contributed by atoms with Gasteiger partial charge in [-0.1, -0.05) is 23.9 Å². The predicted molar refractivity (Wildman–Crippen MR) is 90.5 cm³/mol. The van der Waals surface area contributed by atoms with Crippen LogP contribution in [0.5, 0.6) is 5.75 Å². The van der Waals surface area contributed by atoms with Gasteiger partial charge in [0.1, 0.15) is 5.75 Å². The van der Waals surface area contributed by atoms with E-state index in [0.29, 0.717) is 18.3 Å². The van der Waals surface area contributed by atoms with Crippen molar-refractivity contribution in [1.29, 1.82) is 0 Å². The van der Waals surface area contributed by atoms with Crippen molar-refractivity contribution in [2.75, 3.05) is 12.9 Å². The van der Waals surface area contributed by atoms with E-state index < -0.39 is 0 Å². The van der Waals surface area contributed by atoms with Gasteiger partial charge in [-0.3, -0.25) is 4.79 Å². The third kappa shape index (κ3) is 4.07. The molecule has 0 radical (unpaired) electrons. The molecule has 1 heterocycles. The number of rotatable bonds is 7. The van der Waals surface area contributed by atoms with Crippen LogP contribution in [0.15, 0.2) is 41.8 Å². The largest absolute Gasteiger partial charge is 0.497 e. The molecule has 0 unspecified atom stereocenters. The lowest BCUT2D eigenvalue weighted by molar-refractivity contribution is -0.129. The molecule has 0 saturated heterocycles. The van der Waals surface area contributed by atoms with Gasteiger partial charge in [-0.05, 0) is 30.5 Å². The summed E-state index contributed by atoms with van der Waals surface area (Å²) in [5.74, 6) is 1.44. The van der Waals surface area contributed by atoms with Crippen LogP contribution in [0, 0.1) is 0 Å². The first-order valence-corrected chi connectivity index (χ1v) is 8.68. The molecule has 0 atom stereocenters. The van der Waals surface area contributed by atoms with E-state index in [0.717, 1.165) is 29.3 Å². The lowest BCUT2D eigenvalue weighted by Crippen LogP contribution is -2.34. The molecule has 0 N–H and O–H groups in total. The van der Waals surface area contributed by atoms with Crippen LogP contribution in [0.4, 0.5) is 0 Å². The summed E-state index contributed by atoms with van der Waals surface area (Å²) < 4.78 is 7.11. The van der Waals surface area contributed by atoms with E-state index in [1.165, 1.54) is 11.8 Å². The Morgan fingerprint density at radius 2 is 2.13 bits per heavy atom. The summed E-state index contributed by atoms with van der Waals surface area (Å²) >= 11 is 1.49. The number of carbonyl (C=O) groups is 1. The third-order valence-corrected chi connectivity index (χ3v) is 4.96. The Bertz CT molecular complexity index is 665. The summed E-state index contributed by atoms with van der Waals surface area (Å²) in [7, 11) is 3.60. The van der Waals surface area contributed by atoms with Crippen LogP contribution in [-0.4, -0.2) is 39.3 Å². The number of imidazole rings is 1. The molecule has 2 aromatic rings. The van der Waals surface area contributed by atoms with Gasteiger partial charge in [-0.25, -0.2) is 4.98 Å². The van der Waals surface area contributed by atoms with Crippen LogP contribution < -0.4 is 4.74 Å². The first-order valence-electron chi connectivity index (χ1n) is 7.70. The molecule has 0 bridgehead atoms. The van der Waals surface area contributed by atoms with Crippen molar-refractivity contribution in [3.05, 3.63) is 42.2 Å². The molecule has 1 amide bonds. The maximum absolute atomic E-state index is 12.6. The third-order valence-electron chi connectivity index (χ3n) is 3.92. The molecule has 1 aromatic carbocycles. The van der Waals surface area contributed by atoms with Crippen LogP contribution in [0.25, 0.3) is 0 Å². The Balaban J connectivity index is 1.61. The number of amides is 1. The fourth-order valence-electron chi connectivity index (χ4n) is 2.43. The highest BCUT2D eigenvalue weighted by molar-refractivity contribution is 7.99. The van der Waals surface area contributed by atoms with Crippen molar-refractivity contribution >= 4 is 17.7 Å². The summed E-state index contributed by atoms with van der Waals surface area (Å²) in [5, 5.41) is 0.874. The van der Waals surface area contributed by atoms with E-state index >= 15 is 0 Å². The zero-order valence-corrected chi connectivity index (χ0v) is 14.3. The lowest BCUT2D eigenvalue weighted by atomic mass is 10.2. The predicted octanol–water partition coefficient (Wildman–Crippen LogP) is 2.71. The SMILES string of the molecule is COc1ccc(CN(C(=O)CSc2nccn2C)C2CC2)cc1. The van der Waals surface area contributed by atoms with Gasteiger partial charge in [0, 0.05) is 32.0 Å². The Labute approximate surface area is 140 Å². The minimum absolute atomic E-state index is 0.177. The minimum atomic E-state index is 0.177. The number of aromatic nitrogens is 2. The zero-order valence-electron chi connectivity index (χ0n) is 13.4. The highest BCUT2D eigenvalue weighted by Crippen LogP contribution is 2.30. The normalized spacial score (nSPS) is 13.8. The number of aryl methyl sites for hydroxylation is 1. The Morgan fingerprint density at radius 3 is 2.70 bits per heavy atom. The molecule has 122 valence electrons. The van der Waals surface area contributed by atoms with Gasteiger partial charge in [0.15, 0.2) is 5.16 Å². The minimum Gasteiger partial charge on any atom is -0.497 e. The molecule has 1 aliphatic rings. The quantitative estimate of drug-likeness (QED) is 0.732. The Kier molecular flexibility index (Phi) is 4.91. The van der Waals surface area contributed by atoms with E-state index in [4.69, 9.17) is 4.74 Å². The summed E-state index contributed by atoms with van der Waals surface area (Å²) in [4.78, 5) is 18.9. The van der Waals surface area contributed by atoms with Gasteiger partial charge in [0.2, 0.25) is 5.91 Å². The maximum atomic E-state index is 12.6. The Morgan fingerprint density at radius 1 is 1.39 bits per heavy atom. The van der Waals surface area contributed by atoms with Crippen LogP contribution in [-0.2, 0) is 18.4 Å². The standard InChI is InChI=1S/C17H21N3O2S/c1-19-10-9-18-17(19)23-12-16(21)20(14-5-6-14)11-13-3-7-15(22-2)8-4-13/h3-4,7-10,14H,5-6,11-12H2,1-2H3. The van der Waals surface area contributed by atoms with Crippen LogP contribution in [0.3, 0.4) is 0 Å². The second-order valence-corrected chi connectivity index (χ2v) is 6.65. The van der Waals surface area contributed by atoms with Gasteiger partial charge in [-0.15, -0.1) is 0 Å². The first kappa shape index (κ1) is 15.9. The van der Waals surface area contributed by atoms with Crippen molar-refractivity contribution in [2.24, 2.45) is 7.05 Å². The molecule has 0 spiro atoms. The summed E-state index contributed by atoms with van der Waals surface area (Å²) in [6.07, 6.45) is 5.86. The molecule has 1 saturated carbocycles. The fourth-order valence-corrected chi connectivity index (χ4v) is 3.25. The van der Waals surface area contributed by atoms with Crippen LogP contribution in [0.2, 0.25) is 0 Å². The number of carbonyl (C=O) groups excluding carboxylic acids is 1. The fraction of sp³-hybridized carbons (Fsp3) is 0.412. The molecule has 6 heteroatoms. The number of thioether (sulfide) groups is 1. The van der Waals surface area contributed by atoms with Gasteiger partial charge < -0.3 is 14.2 Å². The monoisotopic (exact) mass is 331 g/mol. The van der Waals surface area contributed by atoms with Gasteiger partial charge >= 0.3 is 0 Å². The average Bonchev–Trinajstić information content (AvgIpc) is 3.33. The number of benzene rings is 1. The highest BCUT2D eigenvalue weighted by Gasteiger charge is 2.32. The van der Waals surface area contributed by atoms with Gasteiger partial charge in [0.25, 0.3) is 0 Å². The number of nitrogens with zero attached hydrogens (tertiary/aromatic N) is 3. The van der Waals surface area contributed by atoms with E-state index in [1.807, 2.05) is 47.0 Å². The topological polar surface area (TPSA) is 47.4 Å². The molecule has 0 aliphatic heterocycles. The van der Waals surface area contributed by atoms with Crippen LogP contribution in [0.1, 0.15) is 18.4 Å². The molecule has 1 fully saturated rings. The van der Waals surface area contributed by atoms with Crippen molar-refractivity contribution in [2.45, 2.75) is 30.6 Å². The first-order chi connectivity index (χ1) is 11.2. The number of hydrogen-bond acceptors (Lipinski definition) is 4. The molecule has 3 rings (SSSR count). The Hall–Kier alpha value is -1.95. The van der Waals surface area contributed by atoms with Gasteiger partial charge in [0.05, 0.1) is 12.9 Å². The number of hydrogen-bond donors (Lipinski definition) is 0. The lowest BCUT2D eigenvalue weighted by Gasteiger charge is -2.22. The second kappa shape index (κ2) is 7.08. The molecule has 23 heavy (non-hydrogen) atoms. The number of ether oxygens (including phenoxy) is 1. The smallest absolute Gasteiger partial charge is 0.233 e. The molecular formula is C17H21N3O2S. The molecule has 5 nitrogen and oxygen atoms in total. The van der Waals surface area contributed by atoms with Crippen LogP contribution >= 0.6 is 11.8 Å². The highest BCUT2D eigenvalue weighted by atomic mass is 32.2. The zero-order chi connectivity index (χ0) is 16.2. The summed E-state index contributed by atoms with van der Waals surface area (Å²) in [6.45, 7) is 0.661. The molecule has 1 aromatic heterocycles. The van der Waals surface area contributed by atoms with E-state index in [2.05, 4.69) is 4.98 Å². The summed E-state index contributed by atoms with van der Waals surface area (Å²) in [5.41, 5.74) is 1.13. The van der Waals surface area contributed by atoms with E-state index in [1.54, 1.807) is 13.3 Å². The number of methoxy groups -OCH3 is 1. The van der Waals surface area contributed by atoms with Gasteiger partial charge in [-0.2, -0.15) is 0 Å². The van der Waals surface area contributed by atoms with Crippen molar-refractivity contribution in [3.63, 3.8) is 0 Å². The molecular weight excluding hydrogens is 310 g/mol. The van der Waals surface area contributed by atoms with E-state index in [-0.39, 0.29) is 5.91 Å². The van der Waals surface area contributed by atoms with Crippen molar-refractivity contribution < 1.29 is 9.53 Å². The maximum Gasteiger partial charge on any atom is 0.233 e.